The SMILES string of the molecule is O=C(NCCCO)c1cc(C2CC2)on1. The number of carbonyl (C=O) groups excluding carboxylic acids is 1. The van der Waals surface area contributed by atoms with Crippen LogP contribution in [0.3, 0.4) is 0 Å². The van der Waals surface area contributed by atoms with E-state index in [0.29, 0.717) is 24.6 Å². The van der Waals surface area contributed by atoms with Gasteiger partial charge >= 0.3 is 0 Å². The van der Waals surface area contributed by atoms with Gasteiger partial charge in [0.25, 0.3) is 5.91 Å². The Kier molecular flexibility index (Phi) is 3.01. The van der Waals surface area contributed by atoms with E-state index in [1.165, 1.54) is 0 Å². The smallest absolute Gasteiger partial charge is 0.273 e. The largest absolute Gasteiger partial charge is 0.396 e. The van der Waals surface area contributed by atoms with Crippen molar-refractivity contribution in [3.05, 3.63) is 17.5 Å². The van der Waals surface area contributed by atoms with Crippen molar-refractivity contribution < 1.29 is 14.4 Å². The van der Waals surface area contributed by atoms with Crippen LogP contribution in [0.1, 0.15) is 41.4 Å². The molecule has 1 aromatic rings. The van der Waals surface area contributed by atoms with E-state index in [2.05, 4.69) is 10.5 Å². The Labute approximate surface area is 87.5 Å². The minimum Gasteiger partial charge on any atom is -0.396 e. The number of rotatable bonds is 5. The second kappa shape index (κ2) is 4.44. The number of carbonyl (C=O) groups is 1. The van der Waals surface area contributed by atoms with Gasteiger partial charge in [-0.2, -0.15) is 0 Å². The van der Waals surface area contributed by atoms with E-state index in [1.54, 1.807) is 6.07 Å². The molecule has 1 amide bonds. The van der Waals surface area contributed by atoms with Gasteiger partial charge in [-0.05, 0) is 19.3 Å². The molecule has 1 fully saturated rings. The standard InChI is InChI=1S/C10H14N2O3/c13-5-1-4-11-10(14)8-6-9(15-12-8)7-2-3-7/h6-7,13H,1-5H2,(H,11,14). The second-order valence-corrected chi connectivity index (χ2v) is 3.72. The molecule has 2 N–H and O–H groups in total. The minimum atomic E-state index is -0.237. The molecule has 0 spiro atoms. The maximum Gasteiger partial charge on any atom is 0.273 e. The minimum absolute atomic E-state index is 0.0758. The third-order valence-electron chi connectivity index (χ3n) is 2.36. The number of hydrogen-bond acceptors (Lipinski definition) is 4. The van der Waals surface area contributed by atoms with Gasteiger partial charge in [-0.3, -0.25) is 4.79 Å². The Morgan fingerprint density at radius 2 is 2.47 bits per heavy atom. The fourth-order valence-corrected chi connectivity index (χ4v) is 1.33. The average molecular weight is 210 g/mol. The summed E-state index contributed by atoms with van der Waals surface area (Å²) in [4.78, 5) is 11.5. The maximum absolute atomic E-state index is 11.5. The molecule has 1 aliphatic rings. The van der Waals surface area contributed by atoms with Crippen molar-refractivity contribution in [3.63, 3.8) is 0 Å². The molecule has 82 valence electrons. The third-order valence-corrected chi connectivity index (χ3v) is 2.36. The number of nitrogens with zero attached hydrogens (tertiary/aromatic N) is 1. The van der Waals surface area contributed by atoms with Crippen LogP contribution in [0, 0.1) is 0 Å². The average Bonchev–Trinajstić information content (AvgIpc) is 2.97. The van der Waals surface area contributed by atoms with Crippen molar-refractivity contribution in [2.75, 3.05) is 13.2 Å². The van der Waals surface area contributed by atoms with Gasteiger partial charge < -0.3 is 14.9 Å². The van der Waals surface area contributed by atoms with Crippen LogP contribution in [0.4, 0.5) is 0 Å². The highest BCUT2D eigenvalue weighted by atomic mass is 16.5. The van der Waals surface area contributed by atoms with Crippen LogP contribution >= 0.6 is 0 Å². The second-order valence-electron chi connectivity index (χ2n) is 3.72. The molecule has 0 atom stereocenters. The van der Waals surface area contributed by atoms with Crippen LogP contribution in [0.2, 0.25) is 0 Å². The Bertz CT molecular complexity index is 344. The highest BCUT2D eigenvalue weighted by molar-refractivity contribution is 5.92. The lowest BCUT2D eigenvalue weighted by atomic mass is 10.3. The number of aliphatic hydroxyl groups excluding tert-OH is 1. The summed E-state index contributed by atoms with van der Waals surface area (Å²) in [6, 6.07) is 1.70. The molecule has 0 radical (unpaired) electrons. The first kappa shape index (κ1) is 10.2. The number of aromatic nitrogens is 1. The number of nitrogens with one attached hydrogen (secondary N) is 1. The fourth-order valence-electron chi connectivity index (χ4n) is 1.33. The molecule has 1 aromatic heterocycles. The number of hydrogen-bond donors (Lipinski definition) is 2. The number of aliphatic hydroxyl groups is 1. The predicted octanol–water partition coefficient (Wildman–Crippen LogP) is 0.664. The molecule has 0 unspecified atom stereocenters. The molecule has 5 heteroatoms. The molecule has 1 saturated carbocycles. The zero-order valence-electron chi connectivity index (χ0n) is 8.40. The summed E-state index contributed by atoms with van der Waals surface area (Å²) in [6.45, 7) is 0.535. The lowest BCUT2D eigenvalue weighted by Crippen LogP contribution is -2.25. The first-order valence-electron chi connectivity index (χ1n) is 5.17. The van der Waals surface area contributed by atoms with Gasteiger partial charge in [0.15, 0.2) is 5.69 Å². The van der Waals surface area contributed by atoms with Gasteiger partial charge in [-0.15, -0.1) is 0 Å². The molecule has 0 aliphatic heterocycles. The zero-order valence-corrected chi connectivity index (χ0v) is 8.40. The summed E-state index contributed by atoms with van der Waals surface area (Å²) >= 11 is 0. The van der Waals surface area contributed by atoms with Gasteiger partial charge in [0.05, 0.1) is 0 Å². The van der Waals surface area contributed by atoms with Gasteiger partial charge in [0, 0.05) is 25.1 Å². The van der Waals surface area contributed by atoms with Crippen LogP contribution in [0.25, 0.3) is 0 Å². The fraction of sp³-hybridized carbons (Fsp3) is 0.600. The zero-order chi connectivity index (χ0) is 10.7. The van der Waals surface area contributed by atoms with Crippen molar-refractivity contribution >= 4 is 5.91 Å². The normalized spacial score (nSPS) is 15.3. The van der Waals surface area contributed by atoms with Crippen LogP contribution in [0.5, 0.6) is 0 Å². The Morgan fingerprint density at radius 1 is 1.67 bits per heavy atom. The molecule has 15 heavy (non-hydrogen) atoms. The monoisotopic (exact) mass is 210 g/mol. The van der Waals surface area contributed by atoms with Crippen molar-refractivity contribution in [1.82, 2.24) is 10.5 Å². The van der Waals surface area contributed by atoms with E-state index >= 15 is 0 Å². The summed E-state index contributed by atoms with van der Waals surface area (Å²) in [5.74, 6) is 1.04. The van der Waals surface area contributed by atoms with Crippen LogP contribution in [-0.2, 0) is 0 Å². The van der Waals surface area contributed by atoms with Gasteiger partial charge in [-0.1, -0.05) is 5.16 Å². The number of amides is 1. The summed E-state index contributed by atoms with van der Waals surface area (Å²) < 4.78 is 5.06. The molecule has 0 aromatic carbocycles. The van der Waals surface area contributed by atoms with Crippen LogP contribution in [0.15, 0.2) is 10.6 Å². The first-order chi connectivity index (χ1) is 7.31. The van der Waals surface area contributed by atoms with E-state index in [1.807, 2.05) is 0 Å². The maximum atomic E-state index is 11.5. The lowest BCUT2D eigenvalue weighted by molar-refractivity contribution is 0.0942. The van der Waals surface area contributed by atoms with Gasteiger partial charge in [-0.25, -0.2) is 0 Å². The van der Waals surface area contributed by atoms with Crippen molar-refractivity contribution in [3.8, 4) is 0 Å². The molecule has 1 heterocycles. The molecule has 2 rings (SSSR count). The lowest BCUT2D eigenvalue weighted by Gasteiger charge is -1.99. The molecule has 0 bridgehead atoms. The van der Waals surface area contributed by atoms with Gasteiger partial charge in [0.2, 0.25) is 0 Å². The topological polar surface area (TPSA) is 75.4 Å². The van der Waals surface area contributed by atoms with E-state index in [0.717, 1.165) is 18.6 Å². The summed E-state index contributed by atoms with van der Waals surface area (Å²) in [5.41, 5.74) is 0.329. The van der Waals surface area contributed by atoms with Crippen molar-refractivity contribution in [2.24, 2.45) is 0 Å². The summed E-state index contributed by atoms with van der Waals surface area (Å²) in [5, 5.41) is 14.9. The summed E-state index contributed by atoms with van der Waals surface area (Å²) in [7, 11) is 0. The molecule has 0 saturated heterocycles. The van der Waals surface area contributed by atoms with Gasteiger partial charge in [0.1, 0.15) is 5.76 Å². The van der Waals surface area contributed by atoms with Crippen LogP contribution < -0.4 is 5.32 Å². The molecule has 5 nitrogen and oxygen atoms in total. The molecular formula is C10H14N2O3. The Balaban J connectivity index is 1.87. The summed E-state index contributed by atoms with van der Waals surface area (Å²) in [6.07, 6.45) is 2.81. The van der Waals surface area contributed by atoms with E-state index in [9.17, 15) is 4.79 Å². The first-order valence-corrected chi connectivity index (χ1v) is 5.17. The van der Waals surface area contributed by atoms with E-state index in [-0.39, 0.29) is 12.5 Å². The van der Waals surface area contributed by atoms with Crippen molar-refractivity contribution in [1.29, 1.82) is 0 Å². The van der Waals surface area contributed by atoms with E-state index < -0.39 is 0 Å². The Hall–Kier alpha value is -1.36. The Morgan fingerprint density at radius 3 is 3.13 bits per heavy atom. The highest BCUT2D eigenvalue weighted by Gasteiger charge is 2.28. The predicted molar refractivity (Wildman–Crippen MR) is 52.5 cm³/mol. The van der Waals surface area contributed by atoms with Crippen LogP contribution in [-0.4, -0.2) is 29.3 Å². The van der Waals surface area contributed by atoms with Crippen molar-refractivity contribution in [2.45, 2.75) is 25.2 Å². The highest BCUT2D eigenvalue weighted by Crippen LogP contribution is 2.40. The quantitative estimate of drug-likeness (QED) is 0.700. The third kappa shape index (κ3) is 2.56. The van der Waals surface area contributed by atoms with E-state index in [4.69, 9.17) is 9.63 Å². The molecular weight excluding hydrogens is 196 g/mol. The molecule has 1 aliphatic carbocycles.